The predicted molar refractivity (Wildman–Crippen MR) is 75.6 cm³/mol. The molecule has 0 aliphatic rings. The molecule has 5 heteroatoms. The van der Waals surface area contributed by atoms with Crippen molar-refractivity contribution in [1.29, 1.82) is 0 Å². The molecule has 1 amide bonds. The summed E-state index contributed by atoms with van der Waals surface area (Å²) >= 11 is 1.30. The fourth-order valence-corrected chi connectivity index (χ4v) is 2.39. The Bertz CT molecular complexity index is 580. The van der Waals surface area contributed by atoms with Crippen molar-refractivity contribution in [1.82, 2.24) is 4.98 Å². The van der Waals surface area contributed by atoms with E-state index >= 15 is 0 Å². The van der Waals surface area contributed by atoms with Gasteiger partial charge in [-0.15, -0.1) is 11.3 Å². The molecule has 0 aliphatic heterocycles. The Morgan fingerprint density at radius 1 is 1.42 bits per heavy atom. The zero-order valence-electron chi connectivity index (χ0n) is 10.8. The molecular weight excluding hydrogens is 263 g/mol. The van der Waals surface area contributed by atoms with Crippen molar-refractivity contribution in [3.63, 3.8) is 0 Å². The van der Waals surface area contributed by atoms with E-state index in [0.29, 0.717) is 28.7 Å². The molecule has 0 saturated carbocycles. The first-order valence-electron chi connectivity index (χ1n) is 6.06. The van der Waals surface area contributed by atoms with E-state index in [9.17, 15) is 9.18 Å². The molecule has 19 heavy (non-hydrogen) atoms. The van der Waals surface area contributed by atoms with Crippen molar-refractivity contribution in [2.45, 2.75) is 20.3 Å². The lowest BCUT2D eigenvalue weighted by molar-refractivity contribution is -0.116. The first kappa shape index (κ1) is 13.7. The summed E-state index contributed by atoms with van der Waals surface area (Å²) < 4.78 is 13.6. The smallest absolute Gasteiger partial charge is 0.226 e. The molecule has 100 valence electrons. The number of thiazole rings is 1. The quantitative estimate of drug-likeness (QED) is 0.920. The van der Waals surface area contributed by atoms with Crippen LogP contribution >= 0.6 is 11.3 Å². The average molecular weight is 278 g/mol. The summed E-state index contributed by atoms with van der Waals surface area (Å²) in [4.78, 5) is 15.9. The van der Waals surface area contributed by atoms with E-state index in [1.54, 1.807) is 23.6 Å². The molecular formula is C14H15FN2OS. The Morgan fingerprint density at radius 3 is 2.84 bits per heavy atom. The van der Waals surface area contributed by atoms with E-state index < -0.39 is 0 Å². The van der Waals surface area contributed by atoms with Gasteiger partial charge in [0.05, 0.1) is 5.69 Å². The third kappa shape index (κ3) is 3.61. The number of hydrogen-bond donors (Lipinski definition) is 1. The molecule has 0 unspecified atom stereocenters. The summed E-state index contributed by atoms with van der Waals surface area (Å²) in [5.74, 6) is -0.0803. The fourth-order valence-electron chi connectivity index (χ4n) is 1.66. The van der Waals surface area contributed by atoms with Crippen molar-refractivity contribution in [3.05, 3.63) is 35.5 Å². The average Bonchev–Trinajstić information content (AvgIpc) is 2.76. The Hall–Kier alpha value is -1.75. The topological polar surface area (TPSA) is 42.0 Å². The number of nitrogens with zero attached hydrogens (tertiary/aromatic N) is 1. The van der Waals surface area contributed by atoms with Crippen LogP contribution in [0.3, 0.4) is 0 Å². The number of hydrogen-bond acceptors (Lipinski definition) is 3. The van der Waals surface area contributed by atoms with E-state index in [-0.39, 0.29) is 11.7 Å². The number of carbonyl (C=O) groups is 1. The van der Waals surface area contributed by atoms with Crippen LogP contribution in [0.4, 0.5) is 9.52 Å². The van der Waals surface area contributed by atoms with Crippen LogP contribution in [0.1, 0.15) is 20.3 Å². The van der Waals surface area contributed by atoms with Crippen LogP contribution in [-0.4, -0.2) is 10.9 Å². The first-order chi connectivity index (χ1) is 9.06. The lowest BCUT2D eigenvalue weighted by atomic mass is 10.1. The molecule has 0 saturated heterocycles. The molecule has 0 bridgehead atoms. The van der Waals surface area contributed by atoms with Gasteiger partial charge in [0.15, 0.2) is 5.13 Å². The molecule has 3 nitrogen and oxygen atoms in total. The summed E-state index contributed by atoms with van der Waals surface area (Å²) in [6.45, 7) is 3.96. The summed E-state index contributed by atoms with van der Waals surface area (Å²) in [7, 11) is 0. The monoisotopic (exact) mass is 278 g/mol. The van der Waals surface area contributed by atoms with Crippen LogP contribution in [0, 0.1) is 11.7 Å². The molecule has 0 fully saturated rings. The molecule has 0 atom stereocenters. The largest absolute Gasteiger partial charge is 0.302 e. The van der Waals surface area contributed by atoms with Crippen molar-refractivity contribution < 1.29 is 9.18 Å². The first-order valence-corrected chi connectivity index (χ1v) is 6.94. The SMILES string of the molecule is CC(C)CC(=O)Nc1nc(-c2ccccc2F)cs1. The van der Waals surface area contributed by atoms with Gasteiger partial charge in [0.1, 0.15) is 5.82 Å². The van der Waals surface area contributed by atoms with Crippen LogP contribution in [-0.2, 0) is 4.79 Å². The minimum absolute atomic E-state index is 0.0653. The van der Waals surface area contributed by atoms with Gasteiger partial charge in [0, 0.05) is 17.4 Å². The Kier molecular flexibility index (Phi) is 4.27. The number of benzene rings is 1. The maximum absolute atomic E-state index is 13.6. The van der Waals surface area contributed by atoms with Crippen LogP contribution in [0.15, 0.2) is 29.6 Å². The normalized spacial score (nSPS) is 10.7. The van der Waals surface area contributed by atoms with Crippen molar-refractivity contribution in [3.8, 4) is 11.3 Å². The van der Waals surface area contributed by atoms with Crippen molar-refractivity contribution in [2.24, 2.45) is 5.92 Å². The van der Waals surface area contributed by atoms with Gasteiger partial charge in [-0.2, -0.15) is 0 Å². The molecule has 1 N–H and O–H groups in total. The van der Waals surface area contributed by atoms with Gasteiger partial charge < -0.3 is 5.32 Å². The number of carbonyl (C=O) groups excluding carboxylic acids is 1. The highest BCUT2D eigenvalue weighted by atomic mass is 32.1. The number of aromatic nitrogens is 1. The van der Waals surface area contributed by atoms with Crippen molar-refractivity contribution in [2.75, 3.05) is 5.32 Å². The molecule has 0 aliphatic carbocycles. The van der Waals surface area contributed by atoms with Gasteiger partial charge in [-0.25, -0.2) is 9.37 Å². The third-order valence-electron chi connectivity index (χ3n) is 2.49. The van der Waals surface area contributed by atoms with Gasteiger partial charge >= 0.3 is 0 Å². The zero-order chi connectivity index (χ0) is 13.8. The van der Waals surface area contributed by atoms with Crippen LogP contribution in [0.25, 0.3) is 11.3 Å². The minimum Gasteiger partial charge on any atom is -0.302 e. The second-order valence-electron chi connectivity index (χ2n) is 4.66. The molecule has 2 aromatic rings. The highest BCUT2D eigenvalue weighted by Gasteiger charge is 2.11. The van der Waals surface area contributed by atoms with Gasteiger partial charge in [-0.3, -0.25) is 4.79 Å². The number of amides is 1. The predicted octanol–water partition coefficient (Wildman–Crippen LogP) is 3.93. The summed E-state index contributed by atoms with van der Waals surface area (Å²) in [5.41, 5.74) is 0.992. The molecule has 0 radical (unpaired) electrons. The Labute approximate surface area is 115 Å². The number of halogens is 1. The van der Waals surface area contributed by atoms with E-state index in [2.05, 4.69) is 10.3 Å². The van der Waals surface area contributed by atoms with Crippen LogP contribution in [0.2, 0.25) is 0 Å². The highest BCUT2D eigenvalue weighted by molar-refractivity contribution is 7.14. The second-order valence-corrected chi connectivity index (χ2v) is 5.52. The maximum atomic E-state index is 13.6. The van der Waals surface area contributed by atoms with E-state index in [1.165, 1.54) is 17.4 Å². The zero-order valence-corrected chi connectivity index (χ0v) is 11.6. The minimum atomic E-state index is -0.312. The van der Waals surface area contributed by atoms with Gasteiger partial charge in [0.2, 0.25) is 5.91 Å². The highest BCUT2D eigenvalue weighted by Crippen LogP contribution is 2.26. The molecule has 1 heterocycles. The van der Waals surface area contributed by atoms with E-state index in [0.717, 1.165) is 0 Å². The van der Waals surface area contributed by atoms with E-state index in [4.69, 9.17) is 0 Å². The second kappa shape index (κ2) is 5.93. The number of anilines is 1. The fraction of sp³-hybridized carbons (Fsp3) is 0.286. The number of rotatable bonds is 4. The maximum Gasteiger partial charge on any atom is 0.226 e. The summed E-state index contributed by atoms with van der Waals surface area (Å²) in [6.07, 6.45) is 0.453. The summed E-state index contributed by atoms with van der Waals surface area (Å²) in [5, 5.41) is 4.97. The standard InChI is InChI=1S/C14H15FN2OS/c1-9(2)7-13(18)17-14-16-12(8-19-14)10-5-3-4-6-11(10)15/h3-6,8-9H,7H2,1-2H3,(H,16,17,18). The molecule has 1 aromatic carbocycles. The van der Waals surface area contributed by atoms with E-state index in [1.807, 2.05) is 13.8 Å². The lowest BCUT2D eigenvalue weighted by Crippen LogP contribution is -2.13. The van der Waals surface area contributed by atoms with Crippen molar-refractivity contribution >= 4 is 22.4 Å². The van der Waals surface area contributed by atoms with Crippen LogP contribution in [0.5, 0.6) is 0 Å². The van der Waals surface area contributed by atoms with Gasteiger partial charge in [-0.05, 0) is 18.1 Å². The molecule has 0 spiro atoms. The van der Waals surface area contributed by atoms with Crippen LogP contribution < -0.4 is 5.32 Å². The lowest BCUT2D eigenvalue weighted by Gasteiger charge is -2.03. The molecule has 2 rings (SSSR count). The molecule has 1 aromatic heterocycles. The van der Waals surface area contributed by atoms with Gasteiger partial charge in [-0.1, -0.05) is 26.0 Å². The third-order valence-corrected chi connectivity index (χ3v) is 3.25. The van der Waals surface area contributed by atoms with Gasteiger partial charge in [0.25, 0.3) is 0 Å². The summed E-state index contributed by atoms with van der Waals surface area (Å²) in [6, 6.07) is 6.46. The Balaban J connectivity index is 2.12. The number of nitrogens with one attached hydrogen (secondary N) is 1. The Morgan fingerprint density at radius 2 is 2.16 bits per heavy atom.